The van der Waals surface area contributed by atoms with E-state index in [1.54, 1.807) is 0 Å². The van der Waals surface area contributed by atoms with Gasteiger partial charge in [0, 0.05) is 0 Å². The summed E-state index contributed by atoms with van der Waals surface area (Å²) in [5.41, 5.74) is 0. The Labute approximate surface area is 129 Å². The Kier molecular flexibility index (Phi) is 96.8. The normalized spacial score (nSPS) is 0. The van der Waals surface area contributed by atoms with Crippen LogP contribution in [0.2, 0.25) is 0 Å². The van der Waals surface area contributed by atoms with Gasteiger partial charge in [-0.2, -0.15) is 27.0 Å². The fourth-order valence-corrected chi connectivity index (χ4v) is 0. The zero-order valence-corrected chi connectivity index (χ0v) is 11.2. The van der Waals surface area contributed by atoms with Crippen molar-refractivity contribution in [3.8, 4) is 0 Å². The molecule has 0 heterocycles. The van der Waals surface area contributed by atoms with Crippen LogP contribution in [0, 0.1) is 0 Å². The molecule has 4 heavy (non-hydrogen) atoms. The summed E-state index contributed by atoms with van der Waals surface area (Å²) >= 11 is 0. The Hall–Kier alpha value is 3.97. The minimum atomic E-state index is 0. The molecule has 0 aliphatic heterocycles. The second kappa shape index (κ2) is 15.8. The van der Waals surface area contributed by atoms with E-state index in [-0.39, 0.29) is 133 Å². The third-order valence-corrected chi connectivity index (χ3v) is 0. The van der Waals surface area contributed by atoms with Gasteiger partial charge < -0.3 is 2.85 Å². The third kappa shape index (κ3) is 9.36. The van der Waals surface area contributed by atoms with E-state index in [1.807, 2.05) is 0 Å². The fourth-order valence-electron chi connectivity index (χ4n) is 0. The molecular formula is H6K2S2. The largest absolute Gasteiger partial charge is 1.00 e. The van der Waals surface area contributed by atoms with Crippen molar-refractivity contribution in [1.82, 2.24) is 0 Å². The van der Waals surface area contributed by atoms with E-state index in [0.717, 1.165) is 0 Å². The van der Waals surface area contributed by atoms with Crippen LogP contribution < -0.4 is 103 Å². The van der Waals surface area contributed by atoms with Crippen LogP contribution in [0.25, 0.3) is 0 Å². The smallest absolute Gasteiger partial charge is 1.00 e. The minimum Gasteiger partial charge on any atom is -1.00 e. The maximum absolute atomic E-state index is 0. The first kappa shape index (κ1) is 24.6. The zero-order valence-electron chi connectivity index (χ0n) is 5.00. The van der Waals surface area contributed by atoms with Crippen molar-refractivity contribution in [2.75, 3.05) is 0 Å². The van der Waals surface area contributed by atoms with Crippen LogP contribution in [0.5, 0.6) is 0 Å². The molecule has 0 amide bonds. The van der Waals surface area contributed by atoms with Gasteiger partial charge in [-0.15, -0.1) is 0 Å². The summed E-state index contributed by atoms with van der Waals surface area (Å²) in [6.45, 7) is 0. The number of hydrogen-bond donors (Lipinski definition) is 0. The Morgan fingerprint density at radius 1 is 0.750 bits per heavy atom. The molecule has 0 atom stereocenters. The van der Waals surface area contributed by atoms with Crippen LogP contribution in [0.4, 0.5) is 0 Å². The van der Waals surface area contributed by atoms with Gasteiger partial charge in [-0.05, 0) is 0 Å². The van der Waals surface area contributed by atoms with Crippen molar-refractivity contribution >= 4 is 27.0 Å². The zero-order chi connectivity index (χ0) is 0. The molecule has 0 saturated carbocycles. The molecule has 0 nitrogen and oxygen atoms in total. The molecule has 4 heteroatoms. The Balaban J connectivity index is 0. The van der Waals surface area contributed by atoms with Gasteiger partial charge >= 0.3 is 103 Å². The fraction of sp³-hybridized carbons (Fsp3) is 0. The van der Waals surface area contributed by atoms with Gasteiger partial charge in [0.2, 0.25) is 0 Å². The van der Waals surface area contributed by atoms with Crippen LogP contribution in [0.15, 0.2) is 0 Å². The van der Waals surface area contributed by atoms with Gasteiger partial charge in [0.15, 0.2) is 0 Å². The van der Waals surface area contributed by atoms with Crippen LogP contribution in [-0.2, 0) is 0 Å². The molecular weight excluding hydrogens is 142 g/mol. The average molecular weight is 148 g/mol. The molecule has 0 bridgehead atoms. The molecule has 0 rings (SSSR count). The van der Waals surface area contributed by atoms with E-state index < -0.39 is 0 Å². The molecule has 0 aliphatic carbocycles. The number of hydrogen-bond acceptors (Lipinski definition) is 0. The van der Waals surface area contributed by atoms with E-state index in [4.69, 9.17) is 0 Å². The minimum absolute atomic E-state index is 0. The standard InChI is InChI=1S/2K.2H2S.2H/h;;2*1H2;;/q2*+1;;;2*-1. The summed E-state index contributed by atoms with van der Waals surface area (Å²) < 4.78 is 0. The molecule has 0 aromatic heterocycles. The van der Waals surface area contributed by atoms with E-state index >= 15 is 0 Å². The summed E-state index contributed by atoms with van der Waals surface area (Å²) in [6, 6.07) is 0. The summed E-state index contributed by atoms with van der Waals surface area (Å²) in [6.07, 6.45) is 0. The Bertz CT molecular complexity index is 9.51. The molecule has 0 aromatic carbocycles. The van der Waals surface area contributed by atoms with Crippen molar-refractivity contribution in [3.63, 3.8) is 0 Å². The van der Waals surface area contributed by atoms with Gasteiger partial charge in [0.25, 0.3) is 0 Å². The molecule has 0 aliphatic rings. The predicted molar refractivity (Wildman–Crippen MR) is 23.0 cm³/mol. The second-order valence-corrected chi connectivity index (χ2v) is 0. The Morgan fingerprint density at radius 3 is 0.750 bits per heavy atom. The van der Waals surface area contributed by atoms with Gasteiger partial charge in [-0.25, -0.2) is 0 Å². The van der Waals surface area contributed by atoms with Crippen molar-refractivity contribution in [3.05, 3.63) is 0 Å². The van der Waals surface area contributed by atoms with E-state index in [2.05, 4.69) is 0 Å². The molecule has 0 fully saturated rings. The molecule has 20 valence electrons. The van der Waals surface area contributed by atoms with Crippen LogP contribution in [-0.4, -0.2) is 0 Å². The Morgan fingerprint density at radius 2 is 0.750 bits per heavy atom. The van der Waals surface area contributed by atoms with Gasteiger partial charge in [0.1, 0.15) is 0 Å². The average Bonchev–Trinajstić information content (AvgIpc) is 0. The summed E-state index contributed by atoms with van der Waals surface area (Å²) in [5, 5.41) is 0. The van der Waals surface area contributed by atoms with Crippen molar-refractivity contribution in [2.45, 2.75) is 0 Å². The summed E-state index contributed by atoms with van der Waals surface area (Å²) in [4.78, 5) is 0. The van der Waals surface area contributed by atoms with Crippen LogP contribution in [0.1, 0.15) is 2.85 Å². The van der Waals surface area contributed by atoms with Gasteiger partial charge in [-0.3, -0.25) is 0 Å². The predicted octanol–water partition coefficient (Wildman–Crippen LogP) is -5.54. The van der Waals surface area contributed by atoms with Gasteiger partial charge in [0.05, 0.1) is 0 Å². The van der Waals surface area contributed by atoms with E-state index in [0.29, 0.717) is 0 Å². The molecule has 0 radical (unpaired) electrons. The van der Waals surface area contributed by atoms with Gasteiger partial charge in [-0.1, -0.05) is 0 Å². The van der Waals surface area contributed by atoms with E-state index in [1.165, 1.54) is 0 Å². The van der Waals surface area contributed by atoms with Crippen molar-refractivity contribution in [2.24, 2.45) is 0 Å². The van der Waals surface area contributed by atoms with Crippen LogP contribution >= 0.6 is 27.0 Å². The van der Waals surface area contributed by atoms with Crippen LogP contribution in [0.3, 0.4) is 0 Å². The topological polar surface area (TPSA) is 0 Å². The monoisotopic (exact) mass is 148 g/mol. The SMILES string of the molecule is S.S.[H-].[H-].[K+].[K+]. The van der Waals surface area contributed by atoms with Crippen molar-refractivity contribution < 1.29 is 106 Å². The molecule has 0 N–H and O–H groups in total. The molecule has 0 aromatic rings. The molecule has 0 spiro atoms. The van der Waals surface area contributed by atoms with Crippen molar-refractivity contribution in [1.29, 1.82) is 0 Å². The maximum Gasteiger partial charge on any atom is 1.00 e. The quantitative estimate of drug-likeness (QED) is 0.301. The first-order chi connectivity index (χ1) is 0. The number of rotatable bonds is 0. The second-order valence-electron chi connectivity index (χ2n) is 0. The first-order valence-electron chi connectivity index (χ1n) is 0. The summed E-state index contributed by atoms with van der Waals surface area (Å²) in [5.74, 6) is 0. The van der Waals surface area contributed by atoms with E-state index in [9.17, 15) is 0 Å². The maximum atomic E-state index is 0. The first-order valence-corrected chi connectivity index (χ1v) is 0. The molecule has 0 saturated heterocycles. The third-order valence-electron chi connectivity index (χ3n) is 0. The molecule has 0 unspecified atom stereocenters. The summed E-state index contributed by atoms with van der Waals surface area (Å²) in [7, 11) is 0.